The normalized spacial score (nSPS) is 10.7. The van der Waals surface area contributed by atoms with Gasteiger partial charge >= 0.3 is 0 Å². The average Bonchev–Trinajstić information content (AvgIpc) is 2.65. The van der Waals surface area contributed by atoms with Crippen molar-refractivity contribution in [3.63, 3.8) is 0 Å². The van der Waals surface area contributed by atoms with Crippen LogP contribution in [0.25, 0.3) is 0 Å². The summed E-state index contributed by atoms with van der Waals surface area (Å²) in [6.07, 6.45) is 1.42. The largest absolute Gasteiger partial charge is 0.497 e. The Morgan fingerprint density at radius 1 is 1.12 bits per heavy atom. The van der Waals surface area contributed by atoms with Gasteiger partial charge in [0.15, 0.2) is 0 Å². The first-order valence-electron chi connectivity index (χ1n) is 7.61. The fourth-order valence-corrected chi connectivity index (χ4v) is 2.17. The summed E-state index contributed by atoms with van der Waals surface area (Å²) < 4.78 is 5.09. The quantitative estimate of drug-likeness (QED) is 0.591. The van der Waals surface area contributed by atoms with Gasteiger partial charge in [0.25, 0.3) is 5.91 Å². The van der Waals surface area contributed by atoms with Crippen LogP contribution in [0, 0.1) is 11.3 Å². The average molecular weight is 356 g/mol. The van der Waals surface area contributed by atoms with E-state index >= 15 is 0 Å². The Kier molecular flexibility index (Phi) is 6.87. The van der Waals surface area contributed by atoms with E-state index in [1.54, 1.807) is 19.2 Å². The fraction of sp³-hybridized carbons (Fsp3) is 0.158. The van der Waals surface area contributed by atoms with Gasteiger partial charge in [-0.05, 0) is 35.4 Å². The third kappa shape index (κ3) is 5.87. The van der Waals surface area contributed by atoms with Crippen LogP contribution < -0.4 is 15.4 Å². The van der Waals surface area contributed by atoms with Gasteiger partial charge < -0.3 is 15.4 Å². The summed E-state index contributed by atoms with van der Waals surface area (Å²) >= 11 is 5.82. The maximum absolute atomic E-state index is 12.1. The zero-order valence-electron chi connectivity index (χ0n) is 13.8. The highest BCUT2D eigenvalue weighted by atomic mass is 35.5. The van der Waals surface area contributed by atoms with Crippen molar-refractivity contribution in [3.05, 3.63) is 76.5 Å². The molecule has 0 aliphatic heterocycles. The van der Waals surface area contributed by atoms with E-state index in [1.807, 2.05) is 42.5 Å². The molecule has 0 fully saturated rings. The molecule has 0 atom stereocenters. The van der Waals surface area contributed by atoms with Gasteiger partial charge in [-0.15, -0.1) is 0 Å². The van der Waals surface area contributed by atoms with Gasteiger partial charge in [-0.25, -0.2) is 0 Å². The second kappa shape index (κ2) is 9.36. The number of carbonyl (C=O) groups is 1. The molecule has 25 heavy (non-hydrogen) atoms. The van der Waals surface area contributed by atoms with E-state index in [9.17, 15) is 4.79 Å². The Labute approximate surface area is 151 Å². The molecule has 2 aromatic carbocycles. The third-order valence-corrected chi connectivity index (χ3v) is 3.70. The molecule has 128 valence electrons. The van der Waals surface area contributed by atoms with Gasteiger partial charge in [0, 0.05) is 24.3 Å². The van der Waals surface area contributed by atoms with Crippen LogP contribution in [0.15, 0.2) is 60.3 Å². The van der Waals surface area contributed by atoms with Crippen LogP contribution in [0.5, 0.6) is 5.75 Å². The molecule has 2 N–H and O–H groups in total. The number of nitrogens with zero attached hydrogens (tertiary/aromatic N) is 1. The Balaban J connectivity index is 1.86. The van der Waals surface area contributed by atoms with E-state index in [0.717, 1.165) is 16.9 Å². The number of halogens is 1. The predicted molar refractivity (Wildman–Crippen MR) is 96.8 cm³/mol. The molecule has 0 bridgehead atoms. The molecule has 2 rings (SSSR count). The lowest BCUT2D eigenvalue weighted by atomic mass is 10.2. The molecule has 0 saturated heterocycles. The molecule has 0 saturated carbocycles. The van der Waals surface area contributed by atoms with Crippen LogP contribution in [0.4, 0.5) is 0 Å². The SMILES string of the molecule is COc1ccc(CN/C=C(/C#N)C(=O)NCc2ccc(Cl)cc2)cc1. The molecule has 0 spiro atoms. The highest BCUT2D eigenvalue weighted by molar-refractivity contribution is 6.30. The van der Waals surface area contributed by atoms with Gasteiger partial charge in [-0.2, -0.15) is 5.26 Å². The van der Waals surface area contributed by atoms with E-state index < -0.39 is 5.91 Å². The number of amides is 1. The molecule has 0 radical (unpaired) electrons. The molecule has 0 aliphatic rings. The van der Waals surface area contributed by atoms with Gasteiger partial charge in [0.1, 0.15) is 17.4 Å². The summed E-state index contributed by atoms with van der Waals surface area (Å²) in [7, 11) is 1.61. The van der Waals surface area contributed by atoms with Crippen LogP contribution in [-0.2, 0) is 17.9 Å². The monoisotopic (exact) mass is 355 g/mol. The van der Waals surface area contributed by atoms with Crippen molar-refractivity contribution in [3.8, 4) is 11.8 Å². The van der Waals surface area contributed by atoms with Gasteiger partial charge in [-0.1, -0.05) is 35.9 Å². The van der Waals surface area contributed by atoms with Crippen molar-refractivity contribution in [1.82, 2.24) is 10.6 Å². The van der Waals surface area contributed by atoms with Crippen molar-refractivity contribution in [2.24, 2.45) is 0 Å². The van der Waals surface area contributed by atoms with E-state index in [2.05, 4.69) is 10.6 Å². The Morgan fingerprint density at radius 2 is 1.72 bits per heavy atom. The first kappa shape index (κ1) is 18.4. The van der Waals surface area contributed by atoms with Crippen LogP contribution in [0.3, 0.4) is 0 Å². The summed E-state index contributed by atoms with van der Waals surface area (Å²) in [5, 5.41) is 15.5. The van der Waals surface area contributed by atoms with Gasteiger partial charge in [-0.3, -0.25) is 4.79 Å². The minimum atomic E-state index is -0.431. The molecule has 0 heterocycles. The fourth-order valence-electron chi connectivity index (χ4n) is 2.04. The maximum Gasteiger partial charge on any atom is 0.263 e. The number of nitrogens with one attached hydrogen (secondary N) is 2. The second-order valence-electron chi connectivity index (χ2n) is 5.21. The zero-order chi connectivity index (χ0) is 18.1. The van der Waals surface area contributed by atoms with Crippen molar-refractivity contribution in [2.75, 3.05) is 7.11 Å². The van der Waals surface area contributed by atoms with Crippen LogP contribution in [0.2, 0.25) is 5.02 Å². The Bertz CT molecular complexity index is 778. The molecule has 0 aliphatic carbocycles. The van der Waals surface area contributed by atoms with Crippen LogP contribution in [-0.4, -0.2) is 13.0 Å². The summed E-state index contributed by atoms with van der Waals surface area (Å²) in [6.45, 7) is 0.827. The molecule has 2 aromatic rings. The molecular weight excluding hydrogens is 338 g/mol. The number of hydrogen-bond acceptors (Lipinski definition) is 4. The minimum absolute atomic E-state index is 0.0162. The first-order valence-corrected chi connectivity index (χ1v) is 7.99. The van der Waals surface area contributed by atoms with E-state index in [0.29, 0.717) is 18.1 Å². The predicted octanol–water partition coefficient (Wildman–Crippen LogP) is 3.16. The molecular formula is C19H18ClN3O2. The number of carbonyl (C=O) groups excluding carboxylic acids is 1. The summed E-state index contributed by atoms with van der Waals surface area (Å²) in [5.74, 6) is 0.346. The van der Waals surface area contributed by atoms with Crippen molar-refractivity contribution in [1.29, 1.82) is 5.26 Å². The maximum atomic E-state index is 12.1. The molecule has 1 amide bonds. The van der Waals surface area contributed by atoms with Gasteiger partial charge in [0.05, 0.1) is 7.11 Å². The topological polar surface area (TPSA) is 74.1 Å². The number of ether oxygens (including phenoxy) is 1. The minimum Gasteiger partial charge on any atom is -0.497 e. The Hall–Kier alpha value is -2.97. The van der Waals surface area contributed by atoms with Crippen molar-refractivity contribution < 1.29 is 9.53 Å². The van der Waals surface area contributed by atoms with E-state index in [4.69, 9.17) is 21.6 Å². The van der Waals surface area contributed by atoms with Crippen molar-refractivity contribution in [2.45, 2.75) is 13.1 Å². The van der Waals surface area contributed by atoms with Crippen LogP contribution >= 0.6 is 11.6 Å². The van der Waals surface area contributed by atoms with Crippen LogP contribution in [0.1, 0.15) is 11.1 Å². The lowest BCUT2D eigenvalue weighted by molar-refractivity contribution is -0.117. The number of nitriles is 1. The van der Waals surface area contributed by atoms with E-state index in [1.165, 1.54) is 6.20 Å². The summed E-state index contributed by atoms with van der Waals surface area (Å²) in [6, 6.07) is 16.6. The molecule has 0 unspecified atom stereocenters. The molecule has 0 aromatic heterocycles. The number of benzene rings is 2. The number of rotatable bonds is 7. The second-order valence-corrected chi connectivity index (χ2v) is 5.64. The molecule has 6 heteroatoms. The lowest BCUT2D eigenvalue weighted by Gasteiger charge is -2.06. The number of methoxy groups -OCH3 is 1. The number of hydrogen-bond donors (Lipinski definition) is 2. The summed E-state index contributed by atoms with van der Waals surface area (Å²) in [4.78, 5) is 12.1. The zero-order valence-corrected chi connectivity index (χ0v) is 14.5. The van der Waals surface area contributed by atoms with Crippen molar-refractivity contribution >= 4 is 17.5 Å². The molecule has 5 nitrogen and oxygen atoms in total. The van der Waals surface area contributed by atoms with Gasteiger partial charge in [0.2, 0.25) is 0 Å². The standard InChI is InChI=1S/C19H18ClN3O2/c1-25-18-8-4-14(5-9-18)11-22-13-16(10-21)19(24)23-12-15-2-6-17(20)7-3-15/h2-9,13,22H,11-12H2,1H3,(H,23,24)/b16-13-. The lowest BCUT2D eigenvalue weighted by Crippen LogP contribution is -2.25. The van der Waals surface area contributed by atoms with E-state index in [-0.39, 0.29) is 5.57 Å². The first-order chi connectivity index (χ1) is 12.1. The highest BCUT2D eigenvalue weighted by Gasteiger charge is 2.08. The Morgan fingerprint density at radius 3 is 2.32 bits per heavy atom. The summed E-state index contributed by atoms with van der Waals surface area (Å²) in [5.41, 5.74) is 1.93. The third-order valence-electron chi connectivity index (χ3n) is 3.44. The highest BCUT2D eigenvalue weighted by Crippen LogP contribution is 2.11. The smallest absolute Gasteiger partial charge is 0.263 e.